The normalized spacial score (nSPS) is 11.9. The van der Waals surface area contributed by atoms with E-state index < -0.39 is 0 Å². The molecule has 0 radical (unpaired) electrons. The number of aromatic nitrogens is 2. The fourth-order valence-corrected chi connectivity index (χ4v) is 2.03. The summed E-state index contributed by atoms with van der Waals surface area (Å²) in [5.74, 6) is 0.713. The molecule has 0 aliphatic heterocycles. The molecule has 1 N–H and O–H groups in total. The zero-order valence-electron chi connectivity index (χ0n) is 9.95. The highest BCUT2D eigenvalue weighted by Gasteiger charge is 2.06. The number of fused-ring (bicyclic) bond motifs is 3. The van der Waals surface area contributed by atoms with E-state index in [9.17, 15) is 0 Å². The van der Waals surface area contributed by atoms with Gasteiger partial charge in [0.15, 0.2) is 0 Å². The van der Waals surface area contributed by atoms with Crippen LogP contribution in [-0.2, 0) is 0 Å². The van der Waals surface area contributed by atoms with Gasteiger partial charge in [-0.25, -0.2) is 0 Å². The van der Waals surface area contributed by atoms with E-state index in [1.807, 2.05) is 37.4 Å². The fraction of sp³-hybridized carbons (Fsp3) is 0.154. The molecule has 0 aliphatic rings. The lowest BCUT2D eigenvalue weighted by molar-refractivity contribution is 0.415. The van der Waals surface area contributed by atoms with Gasteiger partial charge in [0, 0.05) is 23.0 Å². The molecule has 3 nitrogen and oxygen atoms in total. The summed E-state index contributed by atoms with van der Waals surface area (Å²) in [5, 5.41) is 2.33. The topological polar surface area (TPSA) is 37.9 Å². The molecule has 3 rings (SSSR count). The lowest BCUT2D eigenvalue weighted by Crippen LogP contribution is -1.80. The Bertz CT molecular complexity index is 690. The molecule has 0 atom stereocenters. The Kier molecular flexibility index (Phi) is 1.65. The number of hydrogen-bond donors (Lipinski definition) is 1. The van der Waals surface area contributed by atoms with Crippen LogP contribution in [0.4, 0.5) is 0 Å². The van der Waals surface area contributed by atoms with Gasteiger partial charge in [-0.3, -0.25) is 4.98 Å². The van der Waals surface area contributed by atoms with Gasteiger partial charge in [-0.2, -0.15) is 0 Å². The lowest BCUT2D eigenvalue weighted by atomic mass is 10.1. The van der Waals surface area contributed by atoms with Crippen LogP contribution in [-0.4, -0.2) is 17.1 Å². The molecule has 3 aromatic rings. The Morgan fingerprint density at radius 3 is 3.12 bits per heavy atom. The van der Waals surface area contributed by atoms with Gasteiger partial charge in [0.25, 0.3) is 0 Å². The Hall–Kier alpha value is -2.03. The van der Waals surface area contributed by atoms with Gasteiger partial charge in [-0.05, 0) is 25.1 Å². The summed E-state index contributed by atoms with van der Waals surface area (Å²) in [7, 11) is -0.0632. The van der Waals surface area contributed by atoms with E-state index in [2.05, 4.69) is 9.97 Å². The average molecular weight is 213 g/mol. The van der Waals surface area contributed by atoms with Crippen LogP contribution in [0.3, 0.4) is 0 Å². The van der Waals surface area contributed by atoms with Gasteiger partial charge in [-0.15, -0.1) is 0 Å². The van der Waals surface area contributed by atoms with E-state index in [1.165, 1.54) is 5.39 Å². The Balaban J connectivity index is 2.31. The third-order valence-corrected chi connectivity index (χ3v) is 2.85. The van der Waals surface area contributed by atoms with Crippen molar-refractivity contribution in [2.75, 3.05) is 7.09 Å². The molecule has 0 amide bonds. The third kappa shape index (κ3) is 1.18. The van der Waals surface area contributed by atoms with Gasteiger partial charge in [0.1, 0.15) is 5.75 Å². The molecule has 0 bridgehead atoms. The highest BCUT2D eigenvalue weighted by molar-refractivity contribution is 6.08. The van der Waals surface area contributed by atoms with Crippen LogP contribution in [0.2, 0.25) is 0 Å². The van der Waals surface area contributed by atoms with Crippen molar-refractivity contribution in [1.82, 2.24) is 9.97 Å². The van der Waals surface area contributed by atoms with Crippen molar-refractivity contribution in [3.8, 4) is 5.75 Å². The van der Waals surface area contributed by atoms with E-state index >= 15 is 0 Å². The molecule has 0 fully saturated rings. The number of rotatable bonds is 1. The summed E-state index contributed by atoms with van der Waals surface area (Å²) in [6.07, 6.45) is 1.82. The van der Waals surface area contributed by atoms with Gasteiger partial charge in [0.05, 0.1) is 25.2 Å². The number of H-pyrrole nitrogens is 1. The maximum absolute atomic E-state index is 7.05. The molecule has 80 valence electrons. The smallest absolute Gasteiger partial charge is 0.120 e. The van der Waals surface area contributed by atoms with Crippen molar-refractivity contribution in [3.05, 3.63) is 36.2 Å². The van der Waals surface area contributed by atoms with E-state index in [4.69, 9.17) is 6.11 Å². The Morgan fingerprint density at radius 1 is 1.31 bits per heavy atom. The summed E-state index contributed by atoms with van der Waals surface area (Å²) in [6.45, 7) is 1.99. The number of nitrogens with zero attached hydrogens (tertiary/aromatic N) is 1. The van der Waals surface area contributed by atoms with E-state index in [0.29, 0.717) is 5.75 Å². The molecular formula is C13H12N2O. The monoisotopic (exact) mass is 213 g/mol. The maximum Gasteiger partial charge on any atom is 0.120 e. The van der Waals surface area contributed by atoms with Crippen molar-refractivity contribution >= 4 is 21.8 Å². The first kappa shape index (κ1) is 8.16. The predicted molar refractivity (Wildman–Crippen MR) is 64.9 cm³/mol. The minimum Gasteiger partial charge on any atom is -0.497 e. The van der Waals surface area contributed by atoms with Crippen LogP contribution in [0.15, 0.2) is 30.5 Å². The van der Waals surface area contributed by atoms with Crippen molar-refractivity contribution < 1.29 is 6.11 Å². The van der Waals surface area contributed by atoms with Crippen LogP contribution in [0.25, 0.3) is 21.8 Å². The van der Waals surface area contributed by atoms with E-state index in [-0.39, 0.29) is 7.09 Å². The molecule has 0 aliphatic carbocycles. The van der Waals surface area contributed by atoms with Crippen LogP contribution in [0, 0.1) is 6.92 Å². The number of ether oxygens (including phenoxy) is 1. The number of pyridine rings is 1. The molecule has 0 unspecified atom stereocenters. The maximum atomic E-state index is 7.05. The van der Waals surface area contributed by atoms with Crippen molar-refractivity contribution in [2.45, 2.75) is 6.92 Å². The summed E-state index contributed by atoms with van der Waals surface area (Å²) < 4.78 is 12.2. The zero-order chi connectivity index (χ0) is 11.8. The molecule has 0 spiro atoms. The number of hydrogen-bond acceptors (Lipinski definition) is 2. The SMILES string of the molecule is [2H]COc1ccc2c(c1)[nH]c1c(C)nccc12. The summed E-state index contributed by atoms with van der Waals surface area (Å²) >= 11 is 0. The molecule has 0 saturated carbocycles. The lowest BCUT2D eigenvalue weighted by Gasteiger charge is -1.98. The summed E-state index contributed by atoms with van der Waals surface area (Å²) in [4.78, 5) is 7.61. The second-order valence-corrected chi connectivity index (χ2v) is 3.80. The van der Waals surface area contributed by atoms with Gasteiger partial charge in [-0.1, -0.05) is 0 Å². The summed E-state index contributed by atoms with van der Waals surface area (Å²) in [5.41, 5.74) is 3.06. The molecule has 1 aromatic carbocycles. The van der Waals surface area contributed by atoms with Gasteiger partial charge in [0.2, 0.25) is 0 Å². The second-order valence-electron chi connectivity index (χ2n) is 3.80. The highest BCUT2D eigenvalue weighted by Crippen LogP contribution is 2.28. The molecular weight excluding hydrogens is 200 g/mol. The first-order valence-corrected chi connectivity index (χ1v) is 5.08. The minimum atomic E-state index is -0.0632. The van der Waals surface area contributed by atoms with E-state index in [0.717, 1.165) is 22.1 Å². The summed E-state index contributed by atoms with van der Waals surface area (Å²) in [6, 6.07) is 7.83. The average Bonchev–Trinajstić information content (AvgIpc) is 2.69. The fourth-order valence-electron chi connectivity index (χ4n) is 2.03. The van der Waals surface area contributed by atoms with Gasteiger partial charge < -0.3 is 9.72 Å². The Labute approximate surface area is 94.5 Å². The van der Waals surface area contributed by atoms with Crippen LogP contribution >= 0.6 is 0 Å². The number of aryl methyl sites for hydroxylation is 1. The van der Waals surface area contributed by atoms with Crippen molar-refractivity contribution in [2.24, 2.45) is 0 Å². The minimum absolute atomic E-state index is 0.0632. The first-order chi connectivity index (χ1) is 8.29. The van der Waals surface area contributed by atoms with Gasteiger partial charge >= 0.3 is 0 Å². The zero-order valence-corrected chi connectivity index (χ0v) is 8.95. The number of aromatic amines is 1. The van der Waals surface area contributed by atoms with Crippen molar-refractivity contribution in [1.29, 1.82) is 0 Å². The highest BCUT2D eigenvalue weighted by atomic mass is 16.5. The molecule has 0 saturated heterocycles. The molecule has 16 heavy (non-hydrogen) atoms. The number of benzene rings is 1. The van der Waals surface area contributed by atoms with Crippen LogP contribution in [0.5, 0.6) is 5.75 Å². The number of nitrogens with one attached hydrogen (secondary N) is 1. The second kappa shape index (κ2) is 3.23. The standard InChI is InChI=1S/C13H12N2O/c1-8-13-11(5-6-14-8)10-4-3-9(16-2)7-12(10)15-13/h3-7,15H,1-2H3/i2D. The predicted octanol–water partition coefficient (Wildman–Crippen LogP) is 3.03. The molecule has 2 aromatic heterocycles. The quantitative estimate of drug-likeness (QED) is 0.674. The van der Waals surface area contributed by atoms with Crippen molar-refractivity contribution in [3.63, 3.8) is 0 Å². The van der Waals surface area contributed by atoms with E-state index in [1.54, 1.807) is 0 Å². The largest absolute Gasteiger partial charge is 0.497 e. The molecule has 2 heterocycles. The van der Waals surface area contributed by atoms with Crippen LogP contribution in [0.1, 0.15) is 7.06 Å². The first-order valence-electron chi connectivity index (χ1n) is 5.79. The van der Waals surface area contributed by atoms with Crippen LogP contribution < -0.4 is 4.74 Å². The Morgan fingerprint density at radius 2 is 2.25 bits per heavy atom. The molecule has 3 heteroatoms. The number of methoxy groups -OCH3 is 1. The third-order valence-electron chi connectivity index (χ3n) is 2.85.